The van der Waals surface area contributed by atoms with Crippen LogP contribution in [0, 0.1) is 0 Å². The number of hydrogen-bond donors (Lipinski definition) is 2. The van der Waals surface area contributed by atoms with Crippen molar-refractivity contribution >= 4 is 40.0 Å². The summed E-state index contributed by atoms with van der Waals surface area (Å²) in [6.45, 7) is 1.91. The molecule has 7 nitrogen and oxygen atoms in total. The van der Waals surface area contributed by atoms with E-state index >= 15 is 0 Å². The Morgan fingerprint density at radius 3 is 2.73 bits per heavy atom. The fraction of sp³-hybridized carbons (Fsp3) is 0.111. The van der Waals surface area contributed by atoms with Gasteiger partial charge in [0.15, 0.2) is 11.5 Å². The number of amides is 2. The third-order valence-electron chi connectivity index (χ3n) is 3.96. The van der Waals surface area contributed by atoms with E-state index in [1.165, 1.54) is 11.8 Å². The van der Waals surface area contributed by atoms with E-state index in [1.807, 2.05) is 37.3 Å². The number of benzene rings is 2. The van der Waals surface area contributed by atoms with Gasteiger partial charge in [0.25, 0.3) is 11.1 Å². The topological polar surface area (TPSA) is 92.2 Å². The van der Waals surface area contributed by atoms with E-state index in [9.17, 15) is 9.59 Å². The Kier molecular flexibility index (Phi) is 4.18. The van der Waals surface area contributed by atoms with Crippen LogP contribution in [0.1, 0.15) is 18.1 Å². The lowest BCUT2D eigenvalue weighted by atomic mass is 10.0. The number of oxime groups is 1. The Bertz CT molecular complexity index is 956. The zero-order valence-electron chi connectivity index (χ0n) is 13.7. The number of nitrogens with one attached hydrogen (secondary N) is 2. The molecule has 2 heterocycles. The smallest absolute Gasteiger partial charge is 0.299 e. The number of hydrazone groups is 1. The lowest BCUT2D eigenvalue weighted by Crippen LogP contribution is -2.29. The summed E-state index contributed by atoms with van der Waals surface area (Å²) in [6, 6.07) is 14.5. The van der Waals surface area contributed by atoms with E-state index in [-0.39, 0.29) is 22.1 Å². The number of carbonyl (C=O) groups excluding carboxylic acids is 2. The minimum absolute atomic E-state index is 0.0900. The van der Waals surface area contributed by atoms with Crippen LogP contribution in [-0.4, -0.2) is 27.8 Å². The van der Waals surface area contributed by atoms with Gasteiger partial charge < -0.3 is 10.2 Å². The summed E-state index contributed by atoms with van der Waals surface area (Å²) in [4.78, 5) is 29.0. The molecule has 1 atom stereocenters. The molecule has 0 saturated heterocycles. The average molecular weight is 366 g/mol. The number of hydrogen-bond acceptors (Lipinski definition) is 6. The summed E-state index contributed by atoms with van der Waals surface area (Å²) in [5.41, 5.74) is 5.52. The third-order valence-corrected chi connectivity index (χ3v) is 4.84. The van der Waals surface area contributed by atoms with Gasteiger partial charge in [-0.25, -0.2) is 5.43 Å². The second kappa shape index (κ2) is 6.64. The normalized spacial score (nSPS) is 20.3. The highest BCUT2D eigenvalue weighted by Crippen LogP contribution is 2.28. The van der Waals surface area contributed by atoms with Crippen LogP contribution in [-0.2, 0) is 4.79 Å². The standard InChI is InChI=1S/C18H14N4O3S/c1-10-15(20-21-18(24)26-10)11-7-8-14-13(9-11)16(17(23)19-14)22-25-12-5-3-2-4-6-12/h2-10H,1H3,(H,21,24)(H,19,22,23). The minimum Gasteiger partial charge on any atom is -0.356 e. The van der Waals surface area contributed by atoms with Crippen molar-refractivity contribution in [3.05, 3.63) is 59.7 Å². The molecule has 2 amide bonds. The molecular formula is C18H14N4O3S. The first kappa shape index (κ1) is 16.3. The van der Waals surface area contributed by atoms with Gasteiger partial charge >= 0.3 is 0 Å². The summed E-state index contributed by atoms with van der Waals surface area (Å²) in [7, 11) is 0. The van der Waals surface area contributed by atoms with Crippen LogP contribution >= 0.6 is 11.8 Å². The van der Waals surface area contributed by atoms with Crippen LogP contribution in [0.2, 0.25) is 0 Å². The molecule has 0 aromatic heterocycles. The highest BCUT2D eigenvalue weighted by molar-refractivity contribution is 8.14. The van der Waals surface area contributed by atoms with Gasteiger partial charge in [-0.15, -0.1) is 0 Å². The first-order valence-corrected chi connectivity index (χ1v) is 8.80. The van der Waals surface area contributed by atoms with E-state index in [2.05, 4.69) is 21.0 Å². The third kappa shape index (κ3) is 3.06. The minimum atomic E-state index is -0.325. The molecule has 0 aliphatic carbocycles. The molecule has 2 aromatic carbocycles. The number of rotatable bonds is 3. The van der Waals surface area contributed by atoms with Crippen molar-refractivity contribution in [3.63, 3.8) is 0 Å². The number of anilines is 1. The molecule has 2 aliphatic rings. The quantitative estimate of drug-likeness (QED) is 0.817. The number of para-hydroxylation sites is 1. The van der Waals surface area contributed by atoms with Gasteiger partial charge in [0.2, 0.25) is 0 Å². The number of thioether (sulfide) groups is 1. The van der Waals surface area contributed by atoms with Crippen molar-refractivity contribution in [1.82, 2.24) is 5.43 Å². The Hall–Kier alpha value is -3.13. The fourth-order valence-electron chi connectivity index (χ4n) is 2.72. The maximum absolute atomic E-state index is 12.2. The van der Waals surface area contributed by atoms with Crippen molar-refractivity contribution in [2.45, 2.75) is 12.2 Å². The Morgan fingerprint density at radius 2 is 1.96 bits per heavy atom. The van der Waals surface area contributed by atoms with Gasteiger partial charge in [-0.1, -0.05) is 41.2 Å². The van der Waals surface area contributed by atoms with Gasteiger partial charge in [-0.05, 0) is 36.8 Å². The molecule has 4 rings (SSSR count). The molecule has 0 spiro atoms. The lowest BCUT2D eigenvalue weighted by molar-refractivity contribution is -0.110. The van der Waals surface area contributed by atoms with Crippen LogP contribution in [0.15, 0.2) is 58.8 Å². The lowest BCUT2D eigenvalue weighted by Gasteiger charge is -2.18. The molecule has 1 unspecified atom stereocenters. The van der Waals surface area contributed by atoms with Crippen LogP contribution in [0.3, 0.4) is 0 Å². The predicted octanol–water partition coefficient (Wildman–Crippen LogP) is 2.97. The Labute approximate surface area is 153 Å². The van der Waals surface area contributed by atoms with E-state index < -0.39 is 0 Å². The van der Waals surface area contributed by atoms with Crippen molar-refractivity contribution in [1.29, 1.82) is 0 Å². The second-order valence-corrected chi connectivity index (χ2v) is 7.03. The van der Waals surface area contributed by atoms with Gasteiger partial charge in [0.1, 0.15) is 0 Å². The van der Waals surface area contributed by atoms with Crippen LogP contribution in [0.4, 0.5) is 10.5 Å². The highest BCUT2D eigenvalue weighted by atomic mass is 32.2. The fourth-order valence-corrected chi connectivity index (χ4v) is 3.44. The molecule has 0 fully saturated rings. The van der Waals surface area contributed by atoms with Crippen molar-refractivity contribution in [2.75, 3.05) is 5.32 Å². The number of nitrogens with zero attached hydrogens (tertiary/aromatic N) is 2. The van der Waals surface area contributed by atoms with E-state index in [4.69, 9.17) is 4.84 Å². The summed E-state index contributed by atoms with van der Waals surface area (Å²) in [6.07, 6.45) is 0. The second-order valence-electron chi connectivity index (χ2n) is 5.72. The zero-order chi connectivity index (χ0) is 18.1. The molecule has 26 heavy (non-hydrogen) atoms. The summed E-state index contributed by atoms with van der Waals surface area (Å²) >= 11 is 1.17. The summed E-state index contributed by atoms with van der Waals surface area (Å²) in [5.74, 6) is 0.219. The molecule has 2 N–H and O–H groups in total. The number of carbonyl (C=O) groups is 2. The van der Waals surface area contributed by atoms with Gasteiger partial charge in [0, 0.05) is 5.56 Å². The maximum Gasteiger partial charge on any atom is 0.299 e. The van der Waals surface area contributed by atoms with Crippen molar-refractivity contribution in [3.8, 4) is 5.75 Å². The maximum atomic E-state index is 12.2. The largest absolute Gasteiger partial charge is 0.356 e. The Morgan fingerprint density at radius 1 is 1.15 bits per heavy atom. The van der Waals surface area contributed by atoms with E-state index in [1.54, 1.807) is 18.2 Å². The van der Waals surface area contributed by atoms with Crippen molar-refractivity contribution < 1.29 is 14.4 Å². The monoisotopic (exact) mass is 366 g/mol. The first-order chi connectivity index (χ1) is 12.6. The molecule has 8 heteroatoms. The molecule has 130 valence electrons. The van der Waals surface area contributed by atoms with Gasteiger partial charge in [-0.2, -0.15) is 5.10 Å². The number of fused-ring (bicyclic) bond motifs is 1. The molecule has 0 radical (unpaired) electrons. The SMILES string of the molecule is CC1SC(=O)NN=C1c1ccc2c(c1)/C(=N/Oc1ccccc1)C(=O)N2. The predicted molar refractivity (Wildman–Crippen MR) is 101 cm³/mol. The average Bonchev–Trinajstić information content (AvgIpc) is 2.95. The molecule has 0 bridgehead atoms. The molecular weight excluding hydrogens is 352 g/mol. The van der Waals surface area contributed by atoms with Crippen molar-refractivity contribution in [2.24, 2.45) is 10.3 Å². The van der Waals surface area contributed by atoms with Crippen LogP contribution < -0.4 is 15.6 Å². The van der Waals surface area contributed by atoms with Crippen LogP contribution in [0.5, 0.6) is 5.75 Å². The summed E-state index contributed by atoms with van der Waals surface area (Å²) in [5, 5.41) is 10.7. The molecule has 2 aliphatic heterocycles. The van der Waals surface area contributed by atoms with E-state index in [0.29, 0.717) is 17.0 Å². The van der Waals surface area contributed by atoms with Gasteiger partial charge in [-0.3, -0.25) is 9.59 Å². The molecule has 2 aromatic rings. The van der Waals surface area contributed by atoms with E-state index in [0.717, 1.165) is 11.3 Å². The van der Waals surface area contributed by atoms with Gasteiger partial charge in [0.05, 0.1) is 16.6 Å². The summed E-state index contributed by atoms with van der Waals surface area (Å²) < 4.78 is 0. The molecule has 0 saturated carbocycles. The first-order valence-electron chi connectivity index (χ1n) is 7.92. The van der Waals surface area contributed by atoms with Crippen LogP contribution in [0.25, 0.3) is 0 Å². The Balaban J connectivity index is 1.67. The zero-order valence-corrected chi connectivity index (χ0v) is 14.5. The highest BCUT2D eigenvalue weighted by Gasteiger charge is 2.29.